The predicted molar refractivity (Wildman–Crippen MR) is 129 cm³/mol. The summed E-state index contributed by atoms with van der Waals surface area (Å²) < 4.78 is 3.34. The summed E-state index contributed by atoms with van der Waals surface area (Å²) in [6.45, 7) is 0. The Morgan fingerprint density at radius 1 is 0.967 bits per heavy atom. The third kappa shape index (κ3) is 4.66. The number of halogens is 2. The van der Waals surface area contributed by atoms with Crippen molar-refractivity contribution in [2.24, 2.45) is 0 Å². The van der Waals surface area contributed by atoms with Gasteiger partial charge in [0.1, 0.15) is 0 Å². The highest BCUT2D eigenvalue weighted by molar-refractivity contribution is 9.10. The summed E-state index contributed by atoms with van der Waals surface area (Å²) >= 11 is 8.03. The minimum Gasteiger partial charge on any atom is -0.325 e. The maximum absolute atomic E-state index is 13.2. The van der Waals surface area contributed by atoms with E-state index in [9.17, 15) is 9.59 Å². The molecular weight excluding hydrogens is 530 g/mol. The van der Waals surface area contributed by atoms with Crippen LogP contribution in [0.4, 0.5) is 5.69 Å². The molecule has 0 fully saturated rings. The van der Waals surface area contributed by atoms with Crippen molar-refractivity contribution in [3.63, 3.8) is 0 Å². The summed E-state index contributed by atoms with van der Waals surface area (Å²) in [5, 5.41) is 3.85. The largest absolute Gasteiger partial charge is 0.325 e. The summed E-state index contributed by atoms with van der Waals surface area (Å²) in [4.78, 5) is 30.3. The number of anilines is 1. The molecule has 0 saturated heterocycles. The second-order valence-electron chi connectivity index (χ2n) is 6.38. The van der Waals surface area contributed by atoms with Gasteiger partial charge in [0, 0.05) is 14.6 Å². The van der Waals surface area contributed by atoms with Gasteiger partial charge in [-0.25, -0.2) is 4.98 Å². The Balaban J connectivity index is 1.67. The molecule has 1 aromatic heterocycles. The van der Waals surface area contributed by atoms with E-state index in [1.54, 1.807) is 16.7 Å². The van der Waals surface area contributed by atoms with Gasteiger partial charge in [0.25, 0.3) is 5.56 Å². The summed E-state index contributed by atoms with van der Waals surface area (Å²) in [5.74, 6) is -0.0590. The van der Waals surface area contributed by atoms with Crippen LogP contribution in [0.3, 0.4) is 0 Å². The van der Waals surface area contributed by atoms with Crippen molar-refractivity contribution in [1.82, 2.24) is 9.55 Å². The fourth-order valence-electron chi connectivity index (χ4n) is 2.92. The average Bonchev–Trinajstić information content (AvgIpc) is 2.73. The van der Waals surface area contributed by atoms with E-state index in [0.717, 1.165) is 8.95 Å². The van der Waals surface area contributed by atoms with Crippen molar-refractivity contribution in [3.8, 4) is 5.69 Å². The molecule has 0 spiro atoms. The molecule has 3 aromatic carbocycles. The van der Waals surface area contributed by atoms with E-state index in [4.69, 9.17) is 0 Å². The molecule has 0 aliphatic heterocycles. The van der Waals surface area contributed by atoms with Crippen LogP contribution in [-0.4, -0.2) is 21.2 Å². The molecule has 0 aliphatic rings. The molecule has 0 radical (unpaired) electrons. The smallest absolute Gasteiger partial charge is 0.266 e. The normalized spacial score (nSPS) is 10.9. The van der Waals surface area contributed by atoms with E-state index in [1.165, 1.54) is 11.8 Å². The number of fused-ring (bicyclic) bond motifs is 1. The molecule has 1 amide bonds. The molecule has 30 heavy (non-hydrogen) atoms. The van der Waals surface area contributed by atoms with E-state index in [2.05, 4.69) is 42.2 Å². The number of carbonyl (C=O) groups is 1. The molecule has 5 nitrogen and oxygen atoms in total. The van der Waals surface area contributed by atoms with Crippen LogP contribution >= 0.6 is 43.6 Å². The van der Waals surface area contributed by atoms with Crippen LogP contribution in [0.15, 0.2) is 91.7 Å². The van der Waals surface area contributed by atoms with Crippen molar-refractivity contribution < 1.29 is 4.79 Å². The fourth-order valence-corrected chi connectivity index (χ4v) is 4.40. The molecular formula is C22H15Br2N3O2S. The molecule has 8 heteroatoms. The first kappa shape index (κ1) is 20.8. The lowest BCUT2D eigenvalue weighted by Crippen LogP contribution is -2.23. The number of rotatable bonds is 5. The Bertz CT molecular complexity index is 1290. The number of thioether (sulfide) groups is 1. The minimum absolute atomic E-state index is 0.119. The Labute approximate surface area is 193 Å². The highest BCUT2D eigenvalue weighted by atomic mass is 79.9. The summed E-state index contributed by atoms with van der Waals surface area (Å²) in [6.07, 6.45) is 0. The highest BCUT2D eigenvalue weighted by Crippen LogP contribution is 2.23. The van der Waals surface area contributed by atoms with Crippen LogP contribution in [0.1, 0.15) is 0 Å². The van der Waals surface area contributed by atoms with Crippen molar-refractivity contribution in [1.29, 1.82) is 0 Å². The predicted octanol–water partition coefficient (Wildman–Crippen LogP) is 5.64. The van der Waals surface area contributed by atoms with E-state index >= 15 is 0 Å². The number of hydrogen-bond donors (Lipinski definition) is 1. The number of nitrogens with zero attached hydrogens (tertiary/aromatic N) is 2. The average molecular weight is 545 g/mol. The molecule has 4 rings (SSSR count). The third-order valence-electron chi connectivity index (χ3n) is 4.27. The van der Waals surface area contributed by atoms with Crippen molar-refractivity contribution >= 4 is 66.1 Å². The van der Waals surface area contributed by atoms with Gasteiger partial charge in [-0.1, -0.05) is 61.8 Å². The van der Waals surface area contributed by atoms with Gasteiger partial charge in [0.15, 0.2) is 5.16 Å². The first-order valence-corrected chi connectivity index (χ1v) is 11.5. The number of carbonyl (C=O) groups excluding carboxylic acids is 1. The molecule has 1 N–H and O–H groups in total. The van der Waals surface area contributed by atoms with Gasteiger partial charge >= 0.3 is 0 Å². The van der Waals surface area contributed by atoms with E-state index in [0.29, 0.717) is 27.4 Å². The zero-order chi connectivity index (χ0) is 21.1. The monoisotopic (exact) mass is 543 g/mol. The lowest BCUT2D eigenvalue weighted by Gasteiger charge is -2.13. The summed E-state index contributed by atoms with van der Waals surface area (Å²) in [6, 6.07) is 22.0. The lowest BCUT2D eigenvalue weighted by atomic mass is 10.2. The Morgan fingerprint density at radius 3 is 2.50 bits per heavy atom. The first-order chi connectivity index (χ1) is 14.5. The maximum atomic E-state index is 13.2. The summed E-state index contributed by atoms with van der Waals surface area (Å²) in [7, 11) is 0. The number of hydrogen-bond acceptors (Lipinski definition) is 4. The molecule has 0 aliphatic carbocycles. The number of benzene rings is 3. The van der Waals surface area contributed by atoms with Crippen molar-refractivity contribution in [3.05, 3.63) is 92.1 Å². The van der Waals surface area contributed by atoms with Gasteiger partial charge in [-0.3, -0.25) is 14.2 Å². The topological polar surface area (TPSA) is 64.0 Å². The molecule has 1 heterocycles. The molecule has 0 bridgehead atoms. The standard InChI is InChI=1S/C22H15Br2N3O2S/c23-14-8-10-17(11-9-14)27-21(29)18-6-1-2-7-19(18)26-22(27)30-13-20(28)25-16-5-3-4-15(24)12-16/h1-12H,13H2,(H,25,28). The van der Waals surface area contributed by atoms with Crippen LogP contribution in [0.25, 0.3) is 16.6 Å². The quantitative estimate of drug-likeness (QED) is 0.261. The highest BCUT2D eigenvalue weighted by Gasteiger charge is 2.15. The molecule has 0 saturated carbocycles. The van der Waals surface area contributed by atoms with Gasteiger partial charge in [0.05, 0.1) is 22.3 Å². The number of amides is 1. The van der Waals surface area contributed by atoms with Crippen LogP contribution < -0.4 is 10.9 Å². The lowest BCUT2D eigenvalue weighted by molar-refractivity contribution is -0.113. The SMILES string of the molecule is O=C(CSc1nc2ccccc2c(=O)n1-c1ccc(Br)cc1)Nc1cccc(Br)c1. The van der Waals surface area contributed by atoms with Crippen molar-refractivity contribution in [2.45, 2.75) is 5.16 Å². The Morgan fingerprint density at radius 2 is 1.73 bits per heavy atom. The van der Waals surface area contributed by atoms with Gasteiger partial charge < -0.3 is 5.32 Å². The van der Waals surface area contributed by atoms with Crippen LogP contribution in [0, 0.1) is 0 Å². The zero-order valence-corrected chi connectivity index (χ0v) is 19.5. The number of para-hydroxylation sites is 1. The molecule has 0 unspecified atom stereocenters. The second kappa shape index (κ2) is 9.16. The third-order valence-corrected chi connectivity index (χ3v) is 6.23. The number of aromatic nitrogens is 2. The van der Waals surface area contributed by atoms with Crippen LogP contribution in [0.5, 0.6) is 0 Å². The minimum atomic E-state index is -0.178. The Hall–Kier alpha value is -2.42. The van der Waals surface area contributed by atoms with Gasteiger partial charge in [-0.15, -0.1) is 0 Å². The van der Waals surface area contributed by atoms with Crippen LogP contribution in [0.2, 0.25) is 0 Å². The molecule has 150 valence electrons. The first-order valence-electron chi connectivity index (χ1n) is 8.97. The molecule has 4 aromatic rings. The Kier molecular flexibility index (Phi) is 6.36. The van der Waals surface area contributed by atoms with Crippen LogP contribution in [-0.2, 0) is 4.79 Å². The van der Waals surface area contributed by atoms with Crippen molar-refractivity contribution in [2.75, 3.05) is 11.1 Å². The number of nitrogens with one attached hydrogen (secondary N) is 1. The molecule has 0 atom stereocenters. The van der Waals surface area contributed by atoms with Gasteiger partial charge in [0.2, 0.25) is 5.91 Å². The van der Waals surface area contributed by atoms with E-state index < -0.39 is 0 Å². The second-order valence-corrected chi connectivity index (χ2v) is 9.15. The van der Waals surface area contributed by atoms with Gasteiger partial charge in [-0.05, 0) is 54.6 Å². The van der Waals surface area contributed by atoms with E-state index in [-0.39, 0.29) is 17.2 Å². The maximum Gasteiger partial charge on any atom is 0.266 e. The van der Waals surface area contributed by atoms with E-state index in [1.807, 2.05) is 60.7 Å². The van der Waals surface area contributed by atoms with Gasteiger partial charge in [-0.2, -0.15) is 0 Å². The fraction of sp³-hybridized carbons (Fsp3) is 0.0455. The summed E-state index contributed by atoms with van der Waals surface area (Å²) in [5.41, 5.74) is 1.83. The zero-order valence-electron chi connectivity index (χ0n) is 15.5.